The molecule has 1 aliphatic rings. The zero-order valence-electron chi connectivity index (χ0n) is 18.7. The zero-order valence-corrected chi connectivity index (χ0v) is 21.0. The summed E-state index contributed by atoms with van der Waals surface area (Å²) < 4.78 is 0.981. The molecule has 0 amide bonds. The SMILES string of the molecule is Cc1ccc(C[N+](C)(C)CCCN2c3ccccc3Sc3ccc(Cl)cc32)cc1C.[Cl-]. The van der Waals surface area contributed by atoms with Gasteiger partial charge in [-0.1, -0.05) is 53.7 Å². The lowest BCUT2D eigenvalue weighted by molar-refractivity contribution is -0.903. The van der Waals surface area contributed by atoms with Gasteiger partial charge in [0.15, 0.2) is 0 Å². The smallest absolute Gasteiger partial charge is 0.104 e. The largest absolute Gasteiger partial charge is 1.00 e. The van der Waals surface area contributed by atoms with Crippen molar-refractivity contribution in [1.82, 2.24) is 0 Å². The number of fused-ring (bicyclic) bond motifs is 2. The molecule has 0 aliphatic carbocycles. The third-order valence-corrected chi connectivity index (χ3v) is 7.28. The molecule has 1 aliphatic heterocycles. The maximum absolute atomic E-state index is 6.35. The number of aryl methyl sites for hydroxylation is 2. The summed E-state index contributed by atoms with van der Waals surface area (Å²) in [7, 11) is 4.67. The van der Waals surface area contributed by atoms with Gasteiger partial charge in [-0.05, 0) is 55.3 Å². The van der Waals surface area contributed by atoms with Gasteiger partial charge < -0.3 is 21.8 Å². The van der Waals surface area contributed by atoms with Gasteiger partial charge in [0.25, 0.3) is 0 Å². The highest BCUT2D eigenvalue weighted by Crippen LogP contribution is 2.48. The van der Waals surface area contributed by atoms with Crippen LogP contribution in [0.2, 0.25) is 5.02 Å². The lowest BCUT2D eigenvalue weighted by Crippen LogP contribution is -3.00. The molecule has 4 rings (SSSR count). The Hall–Kier alpha value is -1.65. The van der Waals surface area contributed by atoms with Gasteiger partial charge in [-0.15, -0.1) is 0 Å². The fourth-order valence-corrected chi connectivity index (χ4v) is 5.42. The summed E-state index contributed by atoms with van der Waals surface area (Å²) in [4.78, 5) is 5.04. The van der Waals surface area contributed by atoms with E-state index in [0.717, 1.165) is 35.6 Å². The van der Waals surface area contributed by atoms with E-state index in [-0.39, 0.29) is 12.4 Å². The lowest BCUT2D eigenvalue weighted by atomic mass is 10.1. The molecule has 3 aromatic carbocycles. The van der Waals surface area contributed by atoms with Crippen LogP contribution in [0.1, 0.15) is 23.1 Å². The fraction of sp³-hybridized carbons (Fsp3) is 0.308. The van der Waals surface area contributed by atoms with Crippen LogP contribution in [0.5, 0.6) is 0 Å². The molecular formula is C26H30Cl2N2S. The standard InChI is InChI=1S/C26H30ClN2S.ClH/c1-19-10-11-21(16-20(19)2)18-29(3,4)15-7-14-28-23-8-5-6-9-25(23)30-26-13-12-22(27)17-24(26)28;/h5-6,8-13,16-17H,7,14-15,18H2,1-4H3;1H/q+1;/p-1. The summed E-state index contributed by atoms with van der Waals surface area (Å²) >= 11 is 8.18. The number of hydrogen-bond acceptors (Lipinski definition) is 2. The molecule has 5 heteroatoms. The molecule has 0 N–H and O–H groups in total. The molecular weight excluding hydrogens is 443 g/mol. The second-order valence-electron chi connectivity index (χ2n) is 8.92. The number of halogens is 2. The lowest BCUT2D eigenvalue weighted by Gasteiger charge is -2.35. The van der Waals surface area contributed by atoms with Crippen molar-refractivity contribution in [3.05, 3.63) is 82.4 Å². The van der Waals surface area contributed by atoms with Crippen molar-refractivity contribution < 1.29 is 16.9 Å². The van der Waals surface area contributed by atoms with E-state index in [9.17, 15) is 0 Å². The summed E-state index contributed by atoms with van der Waals surface area (Å²) in [6.45, 7) is 7.54. The first-order valence-corrected chi connectivity index (χ1v) is 11.7. The summed E-state index contributed by atoms with van der Waals surface area (Å²) in [5.41, 5.74) is 6.67. The van der Waals surface area contributed by atoms with Crippen molar-refractivity contribution in [1.29, 1.82) is 0 Å². The first-order valence-electron chi connectivity index (χ1n) is 10.5. The van der Waals surface area contributed by atoms with Crippen LogP contribution in [-0.2, 0) is 6.54 Å². The molecule has 2 nitrogen and oxygen atoms in total. The average Bonchev–Trinajstić information content (AvgIpc) is 2.70. The van der Waals surface area contributed by atoms with Crippen molar-refractivity contribution in [3.8, 4) is 0 Å². The normalized spacial score (nSPS) is 12.7. The van der Waals surface area contributed by atoms with Gasteiger partial charge in [-0.3, -0.25) is 0 Å². The maximum Gasteiger partial charge on any atom is 0.104 e. The quantitative estimate of drug-likeness (QED) is 0.493. The Labute approximate surface area is 202 Å². The van der Waals surface area contributed by atoms with Gasteiger partial charge in [0.2, 0.25) is 0 Å². The van der Waals surface area contributed by atoms with Crippen LogP contribution < -0.4 is 17.3 Å². The molecule has 0 saturated heterocycles. The number of para-hydroxylation sites is 1. The van der Waals surface area contributed by atoms with Crippen LogP contribution in [0.3, 0.4) is 0 Å². The molecule has 0 unspecified atom stereocenters. The molecule has 0 spiro atoms. The Kier molecular flexibility index (Phi) is 7.64. The summed E-state index contributed by atoms with van der Waals surface area (Å²) in [5, 5.41) is 0.796. The van der Waals surface area contributed by atoms with E-state index in [0.29, 0.717) is 0 Å². The van der Waals surface area contributed by atoms with Gasteiger partial charge >= 0.3 is 0 Å². The number of anilines is 2. The first kappa shape index (κ1) is 24.0. The minimum absolute atomic E-state index is 0. The molecule has 0 radical (unpaired) electrons. The third-order valence-electron chi connectivity index (χ3n) is 5.91. The molecule has 0 atom stereocenters. The minimum Gasteiger partial charge on any atom is -1.00 e. The highest BCUT2D eigenvalue weighted by atomic mass is 35.5. The maximum atomic E-state index is 6.35. The summed E-state index contributed by atoms with van der Waals surface area (Å²) in [5.74, 6) is 0. The van der Waals surface area contributed by atoms with Crippen LogP contribution in [-0.4, -0.2) is 31.7 Å². The predicted molar refractivity (Wildman–Crippen MR) is 130 cm³/mol. The van der Waals surface area contributed by atoms with Crippen LogP contribution >= 0.6 is 23.4 Å². The predicted octanol–water partition coefficient (Wildman–Crippen LogP) is 4.23. The zero-order chi connectivity index (χ0) is 21.3. The van der Waals surface area contributed by atoms with E-state index in [4.69, 9.17) is 11.6 Å². The Morgan fingerprint density at radius 3 is 2.39 bits per heavy atom. The van der Waals surface area contributed by atoms with Gasteiger partial charge in [0.1, 0.15) is 6.54 Å². The van der Waals surface area contributed by atoms with E-state index in [1.54, 1.807) is 0 Å². The molecule has 164 valence electrons. The van der Waals surface area contributed by atoms with Crippen molar-refractivity contribution in [2.45, 2.75) is 36.6 Å². The molecule has 0 bridgehead atoms. The van der Waals surface area contributed by atoms with E-state index < -0.39 is 0 Å². The minimum atomic E-state index is 0. The van der Waals surface area contributed by atoms with Crippen LogP contribution in [0.4, 0.5) is 11.4 Å². The Morgan fingerprint density at radius 1 is 0.871 bits per heavy atom. The van der Waals surface area contributed by atoms with E-state index >= 15 is 0 Å². The van der Waals surface area contributed by atoms with Crippen molar-refractivity contribution >= 4 is 34.7 Å². The van der Waals surface area contributed by atoms with Crippen LogP contribution in [0.15, 0.2) is 70.5 Å². The Morgan fingerprint density at radius 2 is 1.61 bits per heavy atom. The number of nitrogens with zero attached hydrogens (tertiary/aromatic N) is 2. The fourth-order valence-electron chi connectivity index (χ4n) is 4.18. The Balaban J connectivity index is 0.00000272. The van der Waals surface area contributed by atoms with Crippen LogP contribution in [0, 0.1) is 13.8 Å². The first-order chi connectivity index (χ1) is 14.3. The number of benzene rings is 3. The van der Waals surface area contributed by atoms with E-state index in [1.807, 2.05) is 17.8 Å². The topological polar surface area (TPSA) is 3.24 Å². The summed E-state index contributed by atoms with van der Waals surface area (Å²) in [6, 6.07) is 21.8. The molecule has 0 aromatic heterocycles. The molecule has 0 saturated carbocycles. The van der Waals surface area contributed by atoms with Gasteiger partial charge in [-0.2, -0.15) is 0 Å². The average molecular weight is 474 g/mol. The van der Waals surface area contributed by atoms with Crippen LogP contribution in [0.25, 0.3) is 0 Å². The molecule has 31 heavy (non-hydrogen) atoms. The number of hydrogen-bond donors (Lipinski definition) is 0. The molecule has 1 heterocycles. The van der Waals surface area contributed by atoms with Gasteiger partial charge in [-0.25, -0.2) is 0 Å². The molecule has 0 fully saturated rings. The third kappa shape index (κ3) is 5.59. The van der Waals surface area contributed by atoms with E-state index in [2.05, 4.69) is 87.4 Å². The number of rotatable bonds is 6. The van der Waals surface area contributed by atoms with Crippen molar-refractivity contribution in [2.24, 2.45) is 0 Å². The van der Waals surface area contributed by atoms with Crippen molar-refractivity contribution in [2.75, 3.05) is 32.1 Å². The highest BCUT2D eigenvalue weighted by Gasteiger charge is 2.24. The molecule has 3 aromatic rings. The number of quaternary nitrogens is 1. The summed E-state index contributed by atoms with van der Waals surface area (Å²) in [6.07, 6.45) is 1.11. The second kappa shape index (κ2) is 9.87. The monoisotopic (exact) mass is 472 g/mol. The second-order valence-corrected chi connectivity index (χ2v) is 10.4. The van der Waals surface area contributed by atoms with Crippen molar-refractivity contribution in [3.63, 3.8) is 0 Å². The highest BCUT2D eigenvalue weighted by molar-refractivity contribution is 7.99. The van der Waals surface area contributed by atoms with Gasteiger partial charge in [0.05, 0.1) is 32.0 Å². The Bertz CT molecular complexity index is 1070. The van der Waals surface area contributed by atoms with Gasteiger partial charge in [0, 0.05) is 33.3 Å². The van der Waals surface area contributed by atoms with E-state index in [1.165, 1.54) is 37.9 Å².